The van der Waals surface area contributed by atoms with Crippen LogP contribution in [0.4, 0.5) is 4.79 Å². The number of urea groups is 1. The maximum absolute atomic E-state index is 13.0. The normalized spacial score (nSPS) is 23.0. The van der Waals surface area contributed by atoms with Crippen LogP contribution in [0.25, 0.3) is 0 Å². The average molecular weight is 403 g/mol. The van der Waals surface area contributed by atoms with E-state index in [-0.39, 0.29) is 5.91 Å². The standard InChI is InChI=1S/C21H29N3O5/c1-27-17-12-14-5-11-29-21(15(14)13-18(17)28-2)6-9-23(10-7-21)19(25)16-4-3-8-24(16)20(22)26/h12-13,16H,3-11H2,1-2H3,(H2,22,26)/t16-/m0/s1. The van der Waals surface area contributed by atoms with Crippen LogP contribution in [0.3, 0.4) is 0 Å². The van der Waals surface area contributed by atoms with Crippen molar-refractivity contribution in [3.63, 3.8) is 0 Å². The van der Waals surface area contributed by atoms with Gasteiger partial charge in [-0.05, 0) is 55.4 Å². The summed E-state index contributed by atoms with van der Waals surface area (Å²) in [6.45, 7) is 2.39. The second kappa shape index (κ2) is 7.74. The Bertz CT molecular complexity index is 804. The number of hydrogen-bond acceptors (Lipinski definition) is 5. The first-order chi connectivity index (χ1) is 14.0. The summed E-state index contributed by atoms with van der Waals surface area (Å²) in [7, 11) is 3.27. The Morgan fingerprint density at radius 1 is 1.14 bits per heavy atom. The second-order valence-electron chi connectivity index (χ2n) is 7.97. The van der Waals surface area contributed by atoms with Gasteiger partial charge in [-0.2, -0.15) is 0 Å². The lowest BCUT2D eigenvalue weighted by atomic mass is 9.79. The Morgan fingerprint density at radius 2 is 1.83 bits per heavy atom. The minimum absolute atomic E-state index is 0.000468. The number of amides is 3. The third-order valence-corrected chi connectivity index (χ3v) is 6.55. The number of hydrogen-bond donors (Lipinski definition) is 1. The fourth-order valence-electron chi connectivity index (χ4n) is 4.99. The maximum atomic E-state index is 13.0. The third kappa shape index (κ3) is 3.39. The summed E-state index contributed by atoms with van der Waals surface area (Å²) >= 11 is 0. The van der Waals surface area contributed by atoms with Gasteiger partial charge in [0.1, 0.15) is 6.04 Å². The van der Waals surface area contributed by atoms with Gasteiger partial charge in [-0.25, -0.2) is 4.79 Å². The summed E-state index contributed by atoms with van der Waals surface area (Å²) in [5.41, 5.74) is 7.38. The van der Waals surface area contributed by atoms with Crippen LogP contribution >= 0.6 is 0 Å². The lowest BCUT2D eigenvalue weighted by Gasteiger charge is -2.45. The molecule has 3 amide bonds. The first kappa shape index (κ1) is 19.8. The van der Waals surface area contributed by atoms with Crippen molar-refractivity contribution in [3.8, 4) is 11.5 Å². The van der Waals surface area contributed by atoms with Gasteiger partial charge in [0.05, 0.1) is 26.4 Å². The second-order valence-corrected chi connectivity index (χ2v) is 7.97. The van der Waals surface area contributed by atoms with Gasteiger partial charge >= 0.3 is 6.03 Å². The summed E-state index contributed by atoms with van der Waals surface area (Å²) in [5.74, 6) is 1.42. The summed E-state index contributed by atoms with van der Waals surface area (Å²) in [6.07, 6.45) is 3.75. The number of nitrogens with two attached hydrogens (primary N) is 1. The molecule has 1 aromatic rings. The number of carbonyl (C=O) groups is 2. The molecule has 2 N–H and O–H groups in total. The molecule has 0 bridgehead atoms. The minimum atomic E-state index is -0.514. The Labute approximate surface area is 170 Å². The van der Waals surface area contributed by atoms with E-state index in [1.54, 1.807) is 14.2 Å². The highest BCUT2D eigenvalue weighted by Gasteiger charge is 2.44. The quantitative estimate of drug-likeness (QED) is 0.828. The van der Waals surface area contributed by atoms with E-state index < -0.39 is 17.7 Å². The lowest BCUT2D eigenvalue weighted by Crippen LogP contribution is -2.54. The molecule has 0 saturated carbocycles. The zero-order valence-corrected chi connectivity index (χ0v) is 17.1. The number of primary amides is 1. The number of rotatable bonds is 3. The van der Waals surface area contributed by atoms with Crippen LogP contribution in [-0.2, 0) is 21.6 Å². The smallest absolute Gasteiger partial charge is 0.315 e. The van der Waals surface area contributed by atoms with E-state index in [1.165, 1.54) is 10.5 Å². The van der Waals surface area contributed by atoms with Gasteiger partial charge in [0.25, 0.3) is 0 Å². The zero-order chi connectivity index (χ0) is 20.6. The maximum Gasteiger partial charge on any atom is 0.315 e. The molecule has 0 unspecified atom stereocenters. The van der Waals surface area contributed by atoms with Gasteiger partial charge in [-0.3, -0.25) is 4.79 Å². The van der Waals surface area contributed by atoms with Crippen LogP contribution in [0.2, 0.25) is 0 Å². The van der Waals surface area contributed by atoms with Crippen molar-refractivity contribution in [2.75, 3.05) is 40.5 Å². The Hall–Kier alpha value is -2.48. The zero-order valence-electron chi connectivity index (χ0n) is 17.1. The first-order valence-electron chi connectivity index (χ1n) is 10.2. The molecule has 8 nitrogen and oxygen atoms in total. The van der Waals surface area contributed by atoms with E-state index in [4.69, 9.17) is 19.9 Å². The summed E-state index contributed by atoms with van der Waals surface area (Å²) in [4.78, 5) is 28.0. The Balaban J connectivity index is 1.52. The number of nitrogens with zero attached hydrogens (tertiary/aromatic N) is 2. The molecule has 0 aromatic heterocycles. The van der Waals surface area contributed by atoms with Crippen molar-refractivity contribution >= 4 is 11.9 Å². The van der Waals surface area contributed by atoms with Crippen LogP contribution in [0.5, 0.6) is 11.5 Å². The summed E-state index contributed by atoms with van der Waals surface area (Å²) in [6, 6.07) is 3.13. The molecule has 3 heterocycles. The Kier molecular flexibility index (Phi) is 5.29. The number of likely N-dealkylation sites (tertiary alicyclic amines) is 2. The molecule has 4 rings (SSSR count). The number of piperidine rings is 1. The van der Waals surface area contributed by atoms with Crippen molar-refractivity contribution in [2.45, 2.75) is 43.7 Å². The molecule has 3 aliphatic rings. The third-order valence-electron chi connectivity index (χ3n) is 6.55. The van der Waals surface area contributed by atoms with Gasteiger partial charge in [0.15, 0.2) is 11.5 Å². The highest BCUT2D eigenvalue weighted by atomic mass is 16.5. The van der Waals surface area contributed by atoms with Gasteiger partial charge in [0, 0.05) is 19.6 Å². The van der Waals surface area contributed by atoms with Gasteiger partial charge in [-0.1, -0.05) is 0 Å². The Morgan fingerprint density at radius 3 is 2.48 bits per heavy atom. The van der Waals surface area contributed by atoms with Crippen LogP contribution in [0.15, 0.2) is 12.1 Å². The van der Waals surface area contributed by atoms with E-state index in [2.05, 4.69) is 0 Å². The van der Waals surface area contributed by atoms with E-state index in [0.29, 0.717) is 51.3 Å². The molecule has 2 saturated heterocycles. The van der Waals surface area contributed by atoms with Crippen molar-refractivity contribution in [1.29, 1.82) is 0 Å². The van der Waals surface area contributed by atoms with E-state index in [0.717, 1.165) is 24.2 Å². The van der Waals surface area contributed by atoms with Crippen LogP contribution in [-0.4, -0.2) is 68.2 Å². The van der Waals surface area contributed by atoms with E-state index in [9.17, 15) is 9.59 Å². The molecule has 1 atom stereocenters. The highest BCUT2D eigenvalue weighted by Crippen LogP contribution is 2.45. The molecule has 8 heteroatoms. The topological polar surface area (TPSA) is 94.3 Å². The molecule has 0 radical (unpaired) electrons. The first-order valence-corrected chi connectivity index (χ1v) is 10.2. The average Bonchev–Trinajstić information content (AvgIpc) is 3.23. The molecule has 29 heavy (non-hydrogen) atoms. The monoisotopic (exact) mass is 403 g/mol. The summed E-state index contributed by atoms with van der Waals surface area (Å²) < 4.78 is 17.3. The number of carbonyl (C=O) groups excluding carboxylic acids is 2. The van der Waals surface area contributed by atoms with E-state index in [1.807, 2.05) is 17.0 Å². The number of benzene rings is 1. The van der Waals surface area contributed by atoms with Crippen molar-refractivity contribution in [3.05, 3.63) is 23.3 Å². The largest absolute Gasteiger partial charge is 0.493 e. The molecule has 158 valence electrons. The fourth-order valence-corrected chi connectivity index (χ4v) is 4.99. The molecule has 0 aliphatic carbocycles. The van der Waals surface area contributed by atoms with E-state index >= 15 is 0 Å². The van der Waals surface area contributed by atoms with Crippen LogP contribution in [0.1, 0.15) is 36.8 Å². The molecule has 1 aromatic carbocycles. The predicted molar refractivity (Wildman–Crippen MR) is 106 cm³/mol. The van der Waals surface area contributed by atoms with Gasteiger partial charge in [-0.15, -0.1) is 0 Å². The molecule has 1 spiro atoms. The highest BCUT2D eigenvalue weighted by molar-refractivity contribution is 5.87. The molecule has 2 fully saturated rings. The number of fused-ring (bicyclic) bond motifs is 2. The molecular weight excluding hydrogens is 374 g/mol. The van der Waals surface area contributed by atoms with Crippen molar-refractivity contribution in [2.24, 2.45) is 5.73 Å². The fraction of sp³-hybridized carbons (Fsp3) is 0.619. The summed E-state index contributed by atoms with van der Waals surface area (Å²) in [5, 5.41) is 0. The van der Waals surface area contributed by atoms with Crippen molar-refractivity contribution in [1.82, 2.24) is 9.80 Å². The molecular formula is C21H29N3O5. The SMILES string of the molecule is COc1cc2c(cc1OC)C1(CCN(C(=O)[C@@H]3CCCN3C(N)=O)CC1)OCC2. The molecule has 3 aliphatic heterocycles. The van der Waals surface area contributed by atoms with Crippen LogP contribution < -0.4 is 15.2 Å². The van der Waals surface area contributed by atoms with Gasteiger partial charge < -0.3 is 29.7 Å². The van der Waals surface area contributed by atoms with Crippen LogP contribution in [0, 0.1) is 0 Å². The lowest BCUT2D eigenvalue weighted by molar-refractivity contribution is -0.144. The minimum Gasteiger partial charge on any atom is -0.493 e. The van der Waals surface area contributed by atoms with Crippen molar-refractivity contribution < 1.29 is 23.8 Å². The predicted octanol–water partition coefficient (Wildman–Crippen LogP) is 1.64. The number of ether oxygens (including phenoxy) is 3. The number of methoxy groups -OCH3 is 2. The van der Waals surface area contributed by atoms with Gasteiger partial charge in [0.2, 0.25) is 5.91 Å².